The third kappa shape index (κ3) is 4.26. The number of hydrogen-bond acceptors (Lipinski definition) is 4. The number of allylic oxidation sites excluding steroid dienone is 4. The highest BCUT2D eigenvalue weighted by Gasteiger charge is 2.30. The molecule has 1 N–H and O–H groups in total. The van der Waals surface area contributed by atoms with Gasteiger partial charge in [-0.1, -0.05) is 36.4 Å². The van der Waals surface area contributed by atoms with Crippen molar-refractivity contribution in [2.75, 3.05) is 36.9 Å². The van der Waals surface area contributed by atoms with Crippen LogP contribution in [0.1, 0.15) is 24.8 Å². The van der Waals surface area contributed by atoms with E-state index in [4.69, 9.17) is 4.74 Å². The minimum absolute atomic E-state index is 0.552. The summed E-state index contributed by atoms with van der Waals surface area (Å²) in [6.45, 7) is 3.29. The number of benzene rings is 2. The normalized spacial score (nSPS) is 20.3. The van der Waals surface area contributed by atoms with Gasteiger partial charge in [-0.15, -0.1) is 0 Å². The van der Waals surface area contributed by atoms with Gasteiger partial charge in [0.2, 0.25) is 0 Å². The summed E-state index contributed by atoms with van der Waals surface area (Å²) in [6.07, 6.45) is 13.1. The number of likely N-dealkylation sites (tertiary alicyclic amines) is 1. The van der Waals surface area contributed by atoms with E-state index in [2.05, 4.69) is 81.9 Å². The number of nitrogens with one attached hydrogen (secondary N) is 1. The van der Waals surface area contributed by atoms with Gasteiger partial charge >= 0.3 is 0 Å². The Bertz CT molecular complexity index is 1010. The summed E-state index contributed by atoms with van der Waals surface area (Å²) >= 11 is 0. The molecule has 0 radical (unpaired) electrons. The molecule has 2 aliphatic heterocycles. The van der Waals surface area contributed by atoms with Crippen LogP contribution >= 0.6 is 0 Å². The highest BCUT2D eigenvalue weighted by atomic mass is 16.5. The molecule has 1 aliphatic carbocycles. The highest BCUT2D eigenvalue weighted by molar-refractivity contribution is 5.67. The quantitative estimate of drug-likeness (QED) is 0.690. The van der Waals surface area contributed by atoms with Crippen LogP contribution in [0.25, 0.3) is 0 Å². The average Bonchev–Trinajstić information content (AvgIpc) is 3.21. The van der Waals surface area contributed by atoms with Crippen molar-refractivity contribution in [3.8, 4) is 5.75 Å². The van der Waals surface area contributed by atoms with Crippen LogP contribution in [0.3, 0.4) is 0 Å². The second-order valence-electron chi connectivity index (χ2n) is 8.55. The van der Waals surface area contributed by atoms with Crippen molar-refractivity contribution >= 4 is 11.4 Å². The van der Waals surface area contributed by atoms with Crippen molar-refractivity contribution < 1.29 is 4.74 Å². The molecule has 4 nitrogen and oxygen atoms in total. The van der Waals surface area contributed by atoms with Gasteiger partial charge in [0.25, 0.3) is 0 Å². The average molecular weight is 414 g/mol. The van der Waals surface area contributed by atoms with Gasteiger partial charge in [0.15, 0.2) is 0 Å². The van der Waals surface area contributed by atoms with Crippen LogP contribution in [0.15, 0.2) is 84.3 Å². The molecule has 2 aromatic rings. The summed E-state index contributed by atoms with van der Waals surface area (Å²) in [4.78, 5) is 5.17. The SMILES string of the molecule is CNc1ccc(CCN2CCCC2CN2C3=CC=CCC3=COc3ccccc32)cc1. The molecular formula is C27H31N3O. The van der Waals surface area contributed by atoms with Gasteiger partial charge in [0.05, 0.1) is 11.9 Å². The lowest BCUT2D eigenvalue weighted by Gasteiger charge is -2.34. The first-order chi connectivity index (χ1) is 15.3. The van der Waals surface area contributed by atoms with Crippen molar-refractivity contribution in [3.63, 3.8) is 0 Å². The van der Waals surface area contributed by atoms with E-state index in [1.54, 1.807) is 0 Å². The van der Waals surface area contributed by atoms with E-state index in [1.807, 2.05) is 13.3 Å². The number of anilines is 2. The van der Waals surface area contributed by atoms with Gasteiger partial charge in [-0.05, 0) is 68.1 Å². The Morgan fingerprint density at radius 1 is 1.10 bits per heavy atom. The molecule has 5 rings (SSSR count). The summed E-state index contributed by atoms with van der Waals surface area (Å²) in [5, 5.41) is 3.20. The van der Waals surface area contributed by atoms with E-state index < -0.39 is 0 Å². The van der Waals surface area contributed by atoms with Crippen LogP contribution in [-0.2, 0) is 6.42 Å². The van der Waals surface area contributed by atoms with Crippen LogP contribution in [0.2, 0.25) is 0 Å². The van der Waals surface area contributed by atoms with Crippen LogP contribution < -0.4 is 15.0 Å². The molecule has 1 saturated heterocycles. The molecule has 2 heterocycles. The second kappa shape index (κ2) is 9.03. The Balaban J connectivity index is 1.33. The molecule has 1 fully saturated rings. The summed E-state index contributed by atoms with van der Waals surface area (Å²) in [5.74, 6) is 0.944. The number of hydrogen-bond donors (Lipinski definition) is 1. The van der Waals surface area contributed by atoms with Crippen LogP contribution in [0, 0.1) is 0 Å². The lowest BCUT2D eigenvalue weighted by atomic mass is 10.0. The molecule has 2 aromatic carbocycles. The molecule has 0 amide bonds. The van der Waals surface area contributed by atoms with Gasteiger partial charge in [0.1, 0.15) is 5.75 Å². The Labute approximate surface area is 185 Å². The minimum Gasteiger partial charge on any atom is -0.462 e. The Morgan fingerprint density at radius 2 is 1.97 bits per heavy atom. The fraction of sp³-hybridized carbons (Fsp3) is 0.333. The Morgan fingerprint density at radius 3 is 2.84 bits per heavy atom. The number of fused-ring (bicyclic) bond motifs is 2. The largest absolute Gasteiger partial charge is 0.462 e. The molecule has 1 atom stereocenters. The van der Waals surface area contributed by atoms with Crippen molar-refractivity contribution in [2.45, 2.75) is 31.7 Å². The number of para-hydroxylation sites is 2. The van der Waals surface area contributed by atoms with E-state index in [0.717, 1.165) is 31.7 Å². The van der Waals surface area contributed by atoms with E-state index in [9.17, 15) is 0 Å². The number of nitrogens with zero attached hydrogens (tertiary/aromatic N) is 2. The summed E-state index contributed by atoms with van der Waals surface area (Å²) in [7, 11) is 1.97. The summed E-state index contributed by atoms with van der Waals surface area (Å²) < 4.78 is 6.07. The number of ether oxygens (including phenoxy) is 1. The zero-order valence-corrected chi connectivity index (χ0v) is 18.3. The highest BCUT2D eigenvalue weighted by Crippen LogP contribution is 2.39. The van der Waals surface area contributed by atoms with E-state index >= 15 is 0 Å². The predicted octanol–water partition coefficient (Wildman–Crippen LogP) is 5.36. The maximum Gasteiger partial charge on any atom is 0.150 e. The smallest absolute Gasteiger partial charge is 0.150 e. The Hall–Kier alpha value is -2.98. The molecule has 160 valence electrons. The first-order valence-corrected chi connectivity index (χ1v) is 11.4. The maximum atomic E-state index is 6.07. The van der Waals surface area contributed by atoms with E-state index in [0.29, 0.717) is 6.04 Å². The van der Waals surface area contributed by atoms with Crippen molar-refractivity contribution in [1.82, 2.24) is 4.90 Å². The zero-order valence-electron chi connectivity index (χ0n) is 18.3. The van der Waals surface area contributed by atoms with Gasteiger partial charge in [-0.2, -0.15) is 0 Å². The van der Waals surface area contributed by atoms with Crippen molar-refractivity contribution in [3.05, 3.63) is 89.9 Å². The summed E-state index contributed by atoms with van der Waals surface area (Å²) in [5.41, 5.74) is 6.28. The molecular weight excluding hydrogens is 382 g/mol. The fourth-order valence-corrected chi connectivity index (χ4v) is 4.90. The van der Waals surface area contributed by atoms with E-state index in [-0.39, 0.29) is 0 Å². The van der Waals surface area contributed by atoms with E-state index in [1.165, 1.54) is 47.6 Å². The van der Waals surface area contributed by atoms with Gasteiger partial charge < -0.3 is 15.0 Å². The molecule has 1 unspecified atom stereocenters. The fourth-order valence-electron chi connectivity index (χ4n) is 4.90. The molecule has 31 heavy (non-hydrogen) atoms. The molecule has 4 heteroatoms. The van der Waals surface area contributed by atoms with Crippen molar-refractivity contribution in [2.24, 2.45) is 0 Å². The molecule has 0 bridgehead atoms. The molecule has 3 aliphatic rings. The summed E-state index contributed by atoms with van der Waals surface area (Å²) in [6, 6.07) is 17.8. The molecule has 0 aromatic heterocycles. The maximum absolute atomic E-state index is 6.07. The third-order valence-corrected chi connectivity index (χ3v) is 6.65. The lowest BCUT2D eigenvalue weighted by molar-refractivity contribution is 0.260. The predicted molar refractivity (Wildman–Crippen MR) is 129 cm³/mol. The standard InChI is InChI=1S/C27H31N3O/c1-28-23-14-12-21(13-15-23)16-18-29-17-6-8-24(29)19-30-25-9-3-2-7-22(25)20-31-27-11-5-4-10-26(27)30/h2-5,9-15,20,24,28H,6-8,16-19H2,1H3. The van der Waals surface area contributed by atoms with Crippen LogP contribution in [0.4, 0.5) is 11.4 Å². The number of rotatable bonds is 6. The van der Waals surface area contributed by atoms with Crippen LogP contribution in [-0.4, -0.2) is 37.6 Å². The lowest BCUT2D eigenvalue weighted by Crippen LogP contribution is -2.41. The molecule has 0 spiro atoms. The topological polar surface area (TPSA) is 27.7 Å². The minimum atomic E-state index is 0.552. The zero-order chi connectivity index (χ0) is 21.0. The third-order valence-electron chi connectivity index (χ3n) is 6.65. The van der Waals surface area contributed by atoms with Crippen molar-refractivity contribution in [1.29, 1.82) is 0 Å². The monoisotopic (exact) mass is 413 g/mol. The van der Waals surface area contributed by atoms with Gasteiger partial charge in [0, 0.05) is 43.1 Å². The van der Waals surface area contributed by atoms with Gasteiger partial charge in [-0.3, -0.25) is 4.90 Å². The first kappa shape index (κ1) is 20.0. The molecule has 0 saturated carbocycles. The van der Waals surface area contributed by atoms with Gasteiger partial charge in [-0.25, -0.2) is 0 Å². The second-order valence-corrected chi connectivity index (χ2v) is 8.55. The Kier molecular flexibility index (Phi) is 5.81. The van der Waals surface area contributed by atoms with Crippen LogP contribution in [0.5, 0.6) is 5.75 Å². The first-order valence-electron chi connectivity index (χ1n) is 11.4.